The second kappa shape index (κ2) is 9.62. The lowest BCUT2D eigenvalue weighted by atomic mass is 10.1. The van der Waals surface area contributed by atoms with Crippen LogP contribution in [0.4, 0.5) is 0 Å². The lowest BCUT2D eigenvalue weighted by molar-refractivity contribution is -0.159. The third kappa shape index (κ3) is 4.52. The molecule has 2 rings (SSSR count). The van der Waals surface area contributed by atoms with Gasteiger partial charge in [0.2, 0.25) is 4.08 Å². The highest BCUT2D eigenvalue weighted by Crippen LogP contribution is 2.48. The Bertz CT molecular complexity index is 987. The van der Waals surface area contributed by atoms with Gasteiger partial charge in [-0.15, -0.1) is 0 Å². The van der Waals surface area contributed by atoms with Gasteiger partial charge in [0.15, 0.2) is 31.2 Å². The van der Waals surface area contributed by atoms with Gasteiger partial charge in [-0.2, -0.15) is 0 Å². The van der Waals surface area contributed by atoms with E-state index in [1.807, 2.05) is 0 Å². The van der Waals surface area contributed by atoms with Gasteiger partial charge < -0.3 is 24.8 Å². The molecule has 1 aliphatic rings. The van der Waals surface area contributed by atoms with Crippen molar-refractivity contribution < 1.29 is 51.2 Å². The van der Waals surface area contributed by atoms with E-state index in [0.29, 0.717) is 5.75 Å². The first-order chi connectivity index (χ1) is 13.8. The summed E-state index contributed by atoms with van der Waals surface area (Å²) in [5, 5.41) is 23.4. The van der Waals surface area contributed by atoms with Crippen LogP contribution in [0.25, 0.3) is 0 Å². The number of carbonyl (C=O) groups is 2. The summed E-state index contributed by atoms with van der Waals surface area (Å²) in [5.74, 6) is -3.30. The smallest absolute Gasteiger partial charge is 0.414 e. The van der Waals surface area contributed by atoms with Crippen molar-refractivity contribution in [3.8, 4) is 11.5 Å². The normalized spacial score (nSPS) is 24.1. The van der Waals surface area contributed by atoms with Crippen LogP contribution in [0.15, 0.2) is 18.2 Å². The fraction of sp³-hybridized carbons (Fsp3) is 0.529. The summed E-state index contributed by atoms with van der Waals surface area (Å²) in [4.78, 5) is 18.2. The number of aliphatic hydroxyl groups is 1. The molecule has 0 spiro atoms. The van der Waals surface area contributed by atoms with Crippen LogP contribution in [-0.2, 0) is 33.3 Å². The van der Waals surface area contributed by atoms with Gasteiger partial charge in [0.25, 0.3) is 0 Å². The zero-order chi connectivity index (χ0) is 23.3. The summed E-state index contributed by atoms with van der Waals surface area (Å²) in [7, 11) is -5.30. The van der Waals surface area contributed by atoms with Crippen LogP contribution in [0.1, 0.15) is 25.3 Å². The maximum absolute atomic E-state index is 13.0. The summed E-state index contributed by atoms with van der Waals surface area (Å²) >= 11 is 0. The maximum atomic E-state index is 13.0. The number of sulfone groups is 2. The molecule has 1 aromatic carbocycles. The zero-order valence-corrected chi connectivity index (χ0v) is 18.2. The number of hydrogen-bond acceptors (Lipinski definition) is 9. The molecule has 11 nitrogen and oxygen atoms in total. The van der Waals surface area contributed by atoms with Gasteiger partial charge in [-0.3, -0.25) is 0 Å². The first-order valence-electron chi connectivity index (χ1n) is 8.57. The van der Waals surface area contributed by atoms with E-state index in [2.05, 4.69) is 0 Å². The third-order valence-electron chi connectivity index (χ3n) is 4.73. The van der Waals surface area contributed by atoms with Crippen molar-refractivity contribution >= 4 is 31.6 Å². The van der Waals surface area contributed by atoms with Crippen molar-refractivity contribution in [2.24, 2.45) is 0 Å². The highest BCUT2D eigenvalue weighted by Gasteiger charge is 2.60. The molecule has 2 atom stereocenters. The molecule has 3 N–H and O–H groups in total. The average molecular weight is 469 g/mol. The molecule has 13 heteroatoms. The minimum atomic E-state index is -4.08. The van der Waals surface area contributed by atoms with Crippen molar-refractivity contribution in [2.75, 3.05) is 26.6 Å². The molecular weight excluding hydrogens is 444 g/mol. The molecule has 1 saturated heterocycles. The minimum absolute atomic E-state index is 0.0468. The Morgan fingerprint density at radius 2 is 1.60 bits per heavy atom. The number of carboxylic acids is 2. The molecule has 1 aromatic rings. The summed E-state index contributed by atoms with van der Waals surface area (Å²) in [6.45, 7) is 0.927. The van der Waals surface area contributed by atoms with Crippen molar-refractivity contribution in [2.45, 2.75) is 29.1 Å². The molecule has 0 saturated carbocycles. The lowest BCUT2D eigenvalue weighted by Gasteiger charge is -2.39. The van der Waals surface area contributed by atoms with Crippen molar-refractivity contribution in [3.63, 3.8) is 0 Å². The van der Waals surface area contributed by atoms with Crippen molar-refractivity contribution in [3.05, 3.63) is 23.8 Å². The van der Waals surface area contributed by atoms with E-state index in [4.69, 9.17) is 29.3 Å². The van der Waals surface area contributed by atoms with E-state index in [0.717, 1.165) is 0 Å². The van der Waals surface area contributed by atoms with Gasteiger partial charge in [0.05, 0.1) is 25.2 Å². The van der Waals surface area contributed by atoms with Gasteiger partial charge in [0, 0.05) is 13.0 Å². The van der Waals surface area contributed by atoms with Crippen LogP contribution in [0.5, 0.6) is 11.5 Å². The second-order valence-electron chi connectivity index (χ2n) is 6.37. The van der Waals surface area contributed by atoms with E-state index < -0.39 is 54.0 Å². The van der Waals surface area contributed by atoms with Crippen molar-refractivity contribution in [1.82, 2.24) is 0 Å². The quantitative estimate of drug-likeness (QED) is 0.495. The number of aliphatic carboxylic acids is 2. The SMILES string of the molecule is COc1ccc(C2(CCO)S(=O)(=O)CCC(C)S2(=O)=O)cc1OC.O=C(O)C(=O)O. The van der Waals surface area contributed by atoms with E-state index in [1.54, 1.807) is 0 Å². The highest BCUT2D eigenvalue weighted by atomic mass is 32.3. The standard InChI is InChI=1S/C15H22O7S2.C2H2O4/c1-11-6-9-23(17,18)15(7-8-16,24(11,19)20)12-4-5-13(21-2)14(10-12)22-3;3-1(4)2(5)6/h4-5,10-11,16H,6-9H2,1-3H3;(H,3,4)(H,5,6). The largest absolute Gasteiger partial charge is 0.493 e. The molecule has 0 aromatic heterocycles. The number of rotatable bonds is 5. The van der Waals surface area contributed by atoms with E-state index in [9.17, 15) is 21.9 Å². The molecule has 2 unspecified atom stereocenters. The van der Waals surface area contributed by atoms with Gasteiger partial charge in [-0.05, 0) is 31.0 Å². The molecule has 0 amide bonds. The van der Waals surface area contributed by atoms with Gasteiger partial charge in [-0.25, -0.2) is 26.4 Å². The summed E-state index contributed by atoms with van der Waals surface area (Å²) in [6, 6.07) is 4.24. The third-order valence-corrected chi connectivity index (χ3v) is 11.1. The second-order valence-corrected chi connectivity index (χ2v) is 11.6. The molecular formula is C17H24O11S2. The highest BCUT2D eigenvalue weighted by molar-refractivity contribution is 8.10. The van der Waals surface area contributed by atoms with Gasteiger partial charge in [0.1, 0.15) is 0 Å². The van der Waals surface area contributed by atoms with Crippen LogP contribution in [-0.4, -0.2) is 75.9 Å². The summed E-state index contributed by atoms with van der Waals surface area (Å²) in [6.07, 6.45) is -0.372. The lowest BCUT2D eigenvalue weighted by Crippen LogP contribution is -2.53. The Morgan fingerprint density at radius 3 is 2.03 bits per heavy atom. The van der Waals surface area contributed by atoms with Crippen LogP contribution < -0.4 is 9.47 Å². The molecule has 1 fully saturated rings. The summed E-state index contributed by atoms with van der Waals surface area (Å²) < 4.78 is 59.9. The molecule has 0 radical (unpaired) electrons. The van der Waals surface area contributed by atoms with Crippen LogP contribution in [0.3, 0.4) is 0 Å². The Kier molecular flexibility index (Phi) is 8.23. The summed E-state index contributed by atoms with van der Waals surface area (Å²) in [5.41, 5.74) is 0.0701. The molecule has 1 aliphatic heterocycles. The number of aliphatic hydroxyl groups excluding tert-OH is 1. The monoisotopic (exact) mass is 468 g/mol. The Labute approximate surface area is 174 Å². The first kappa shape index (κ1) is 25.7. The number of carboxylic acid groups (broad SMARTS) is 2. The average Bonchev–Trinajstić information content (AvgIpc) is 2.68. The van der Waals surface area contributed by atoms with E-state index >= 15 is 0 Å². The van der Waals surface area contributed by atoms with Crippen LogP contribution in [0.2, 0.25) is 0 Å². The van der Waals surface area contributed by atoms with Crippen LogP contribution >= 0.6 is 0 Å². The number of benzene rings is 1. The zero-order valence-electron chi connectivity index (χ0n) is 16.6. The Morgan fingerprint density at radius 1 is 1.07 bits per heavy atom. The number of hydrogen-bond donors (Lipinski definition) is 3. The molecule has 170 valence electrons. The van der Waals surface area contributed by atoms with E-state index in [-0.39, 0.29) is 23.5 Å². The molecule has 0 bridgehead atoms. The maximum Gasteiger partial charge on any atom is 0.414 e. The minimum Gasteiger partial charge on any atom is -0.493 e. The topological polar surface area (TPSA) is 182 Å². The van der Waals surface area contributed by atoms with E-state index in [1.165, 1.54) is 39.3 Å². The number of methoxy groups -OCH3 is 2. The predicted octanol–water partition coefficient (Wildman–Crippen LogP) is 0.0164. The van der Waals surface area contributed by atoms with Crippen molar-refractivity contribution in [1.29, 1.82) is 0 Å². The molecule has 30 heavy (non-hydrogen) atoms. The Hall–Kier alpha value is -2.38. The molecule has 1 heterocycles. The van der Waals surface area contributed by atoms with Crippen LogP contribution in [0, 0.1) is 0 Å². The molecule has 0 aliphatic carbocycles. The fourth-order valence-corrected chi connectivity index (χ4v) is 9.25. The first-order valence-corrected chi connectivity index (χ1v) is 11.8. The Balaban J connectivity index is 0.000000656. The predicted molar refractivity (Wildman–Crippen MR) is 105 cm³/mol. The van der Waals surface area contributed by atoms with Gasteiger partial charge in [-0.1, -0.05) is 6.07 Å². The van der Waals surface area contributed by atoms with Gasteiger partial charge >= 0.3 is 11.9 Å². The fourth-order valence-electron chi connectivity index (χ4n) is 3.15. The number of ether oxygens (including phenoxy) is 2.